The smallest absolute Gasteiger partial charge is 0.343 e. The van der Waals surface area contributed by atoms with E-state index in [9.17, 15) is 9.59 Å². The first-order chi connectivity index (χ1) is 10.7. The van der Waals surface area contributed by atoms with Crippen LogP contribution in [0.4, 0.5) is 0 Å². The molecule has 2 aromatic heterocycles. The van der Waals surface area contributed by atoms with Crippen LogP contribution in [-0.4, -0.2) is 20.9 Å². The van der Waals surface area contributed by atoms with Crippen LogP contribution in [0, 0.1) is 6.92 Å². The van der Waals surface area contributed by atoms with E-state index in [4.69, 9.17) is 0 Å². The number of nitrogens with one attached hydrogen (secondary N) is 2. The van der Waals surface area contributed by atoms with E-state index in [0.717, 1.165) is 11.3 Å². The van der Waals surface area contributed by atoms with E-state index < -0.39 is 5.69 Å². The highest BCUT2D eigenvalue weighted by molar-refractivity contribution is 5.92. The summed E-state index contributed by atoms with van der Waals surface area (Å²) in [4.78, 5) is 34.9. The number of carbonyl (C=O) groups excluding carboxylic acids is 1. The molecule has 0 unspecified atom stereocenters. The van der Waals surface area contributed by atoms with Crippen molar-refractivity contribution in [2.75, 3.05) is 0 Å². The van der Waals surface area contributed by atoms with Crippen LogP contribution in [0.5, 0.6) is 0 Å². The number of H-pyrrole nitrogens is 1. The van der Waals surface area contributed by atoms with Crippen LogP contribution >= 0.6 is 0 Å². The average Bonchev–Trinajstić information content (AvgIpc) is 2.46. The van der Waals surface area contributed by atoms with Crippen LogP contribution in [-0.2, 0) is 5.41 Å². The summed E-state index contributed by atoms with van der Waals surface area (Å²) >= 11 is 0. The molecule has 0 fully saturated rings. The van der Waals surface area contributed by atoms with Gasteiger partial charge in [-0.15, -0.1) is 0 Å². The minimum atomic E-state index is -0.524. The Kier molecular flexibility index (Phi) is 4.63. The van der Waals surface area contributed by atoms with E-state index in [1.165, 1.54) is 0 Å². The summed E-state index contributed by atoms with van der Waals surface area (Å²) in [5.41, 5.74) is 1.77. The number of pyridine rings is 1. The standard InChI is InChI=1S/C17H22N4O2/c1-10-7-6-8-18-14(10)11(2)19-15(22)12-9-13(17(3,4)5)21-16(23)20-12/h6-9,11H,1-5H3,(H,19,22)(H,20,21,23)/t11-/m0/s1. The van der Waals surface area contributed by atoms with Crippen LogP contribution in [0.2, 0.25) is 0 Å². The van der Waals surface area contributed by atoms with Crippen LogP contribution in [0.25, 0.3) is 0 Å². The highest BCUT2D eigenvalue weighted by Gasteiger charge is 2.20. The molecule has 2 heterocycles. The third kappa shape index (κ3) is 4.03. The average molecular weight is 314 g/mol. The third-order valence-corrected chi connectivity index (χ3v) is 3.59. The Morgan fingerprint density at radius 2 is 2.04 bits per heavy atom. The lowest BCUT2D eigenvalue weighted by molar-refractivity contribution is 0.0933. The first kappa shape index (κ1) is 16.9. The molecule has 23 heavy (non-hydrogen) atoms. The van der Waals surface area contributed by atoms with Crippen molar-refractivity contribution in [3.63, 3.8) is 0 Å². The Bertz CT molecular complexity index is 775. The molecule has 1 atom stereocenters. The van der Waals surface area contributed by atoms with Gasteiger partial charge in [0.15, 0.2) is 0 Å². The van der Waals surface area contributed by atoms with Crippen molar-refractivity contribution in [2.45, 2.75) is 46.1 Å². The number of rotatable bonds is 3. The van der Waals surface area contributed by atoms with Crippen molar-refractivity contribution in [3.05, 3.63) is 57.5 Å². The van der Waals surface area contributed by atoms with Crippen molar-refractivity contribution in [3.8, 4) is 0 Å². The Labute approximate surface area is 135 Å². The minimum Gasteiger partial charge on any atom is -0.343 e. The fourth-order valence-corrected chi connectivity index (χ4v) is 2.27. The molecule has 0 spiro atoms. The molecule has 0 aliphatic heterocycles. The van der Waals surface area contributed by atoms with Gasteiger partial charge in [0.2, 0.25) is 0 Å². The summed E-state index contributed by atoms with van der Waals surface area (Å²) in [7, 11) is 0. The first-order valence-electron chi connectivity index (χ1n) is 7.52. The number of nitrogens with zero attached hydrogens (tertiary/aromatic N) is 2. The molecule has 2 aromatic rings. The SMILES string of the molecule is Cc1cccnc1[C@H](C)NC(=O)c1cc(C(C)(C)C)[nH]c(=O)n1. The molecule has 0 saturated heterocycles. The molecule has 0 saturated carbocycles. The highest BCUT2D eigenvalue weighted by Crippen LogP contribution is 2.19. The zero-order valence-corrected chi connectivity index (χ0v) is 14.1. The van der Waals surface area contributed by atoms with Crippen molar-refractivity contribution in [2.24, 2.45) is 0 Å². The van der Waals surface area contributed by atoms with Crippen molar-refractivity contribution >= 4 is 5.91 Å². The van der Waals surface area contributed by atoms with Crippen LogP contribution in [0.15, 0.2) is 29.2 Å². The number of amides is 1. The van der Waals surface area contributed by atoms with Gasteiger partial charge in [-0.2, -0.15) is 4.98 Å². The molecular formula is C17H22N4O2. The maximum absolute atomic E-state index is 12.4. The van der Waals surface area contributed by atoms with Gasteiger partial charge in [-0.25, -0.2) is 4.79 Å². The molecule has 122 valence electrons. The second kappa shape index (κ2) is 6.32. The predicted octanol–water partition coefficient (Wildman–Crippen LogP) is 2.26. The summed E-state index contributed by atoms with van der Waals surface area (Å²) < 4.78 is 0. The van der Waals surface area contributed by atoms with Crippen LogP contribution in [0.3, 0.4) is 0 Å². The molecule has 0 aromatic carbocycles. The quantitative estimate of drug-likeness (QED) is 0.909. The van der Waals surface area contributed by atoms with E-state index in [1.54, 1.807) is 12.3 Å². The van der Waals surface area contributed by atoms with Gasteiger partial charge >= 0.3 is 5.69 Å². The van der Waals surface area contributed by atoms with Crippen LogP contribution < -0.4 is 11.0 Å². The maximum atomic E-state index is 12.4. The van der Waals surface area contributed by atoms with Crippen molar-refractivity contribution < 1.29 is 4.79 Å². The summed E-state index contributed by atoms with van der Waals surface area (Å²) in [6.45, 7) is 9.67. The zero-order chi connectivity index (χ0) is 17.2. The van der Waals surface area contributed by atoms with Crippen molar-refractivity contribution in [1.82, 2.24) is 20.3 Å². The molecule has 2 N–H and O–H groups in total. The summed E-state index contributed by atoms with van der Waals surface area (Å²) in [6, 6.07) is 5.13. The van der Waals surface area contributed by atoms with Gasteiger partial charge < -0.3 is 10.3 Å². The Balaban J connectivity index is 2.26. The van der Waals surface area contributed by atoms with E-state index >= 15 is 0 Å². The maximum Gasteiger partial charge on any atom is 0.345 e. The van der Waals surface area contributed by atoms with Gasteiger partial charge in [0.1, 0.15) is 5.69 Å². The predicted molar refractivity (Wildman–Crippen MR) is 88.4 cm³/mol. The fraction of sp³-hybridized carbons (Fsp3) is 0.412. The molecule has 6 nitrogen and oxygen atoms in total. The molecule has 0 aliphatic carbocycles. The Hall–Kier alpha value is -2.50. The lowest BCUT2D eigenvalue weighted by Crippen LogP contribution is -2.32. The second-order valence-electron chi connectivity index (χ2n) is 6.64. The summed E-state index contributed by atoms with van der Waals surface area (Å²) in [5.74, 6) is -0.390. The number of aromatic nitrogens is 3. The van der Waals surface area contributed by atoms with Gasteiger partial charge in [0.05, 0.1) is 11.7 Å². The van der Waals surface area contributed by atoms with Gasteiger partial charge in [0, 0.05) is 17.3 Å². The summed E-state index contributed by atoms with van der Waals surface area (Å²) in [5, 5.41) is 2.84. The monoisotopic (exact) mass is 314 g/mol. The Morgan fingerprint density at radius 1 is 1.35 bits per heavy atom. The van der Waals surface area contributed by atoms with E-state index in [2.05, 4.69) is 20.3 Å². The molecule has 0 radical (unpaired) electrons. The Morgan fingerprint density at radius 3 is 2.65 bits per heavy atom. The molecule has 6 heteroatoms. The number of aryl methyl sites for hydroxylation is 1. The molecule has 0 aliphatic rings. The molecule has 1 amide bonds. The van der Waals surface area contributed by atoms with Gasteiger partial charge in [-0.1, -0.05) is 26.8 Å². The topological polar surface area (TPSA) is 87.7 Å². The third-order valence-electron chi connectivity index (χ3n) is 3.59. The van der Waals surface area contributed by atoms with Gasteiger partial charge in [0.25, 0.3) is 5.91 Å². The van der Waals surface area contributed by atoms with Gasteiger partial charge in [-0.05, 0) is 31.5 Å². The number of hydrogen-bond acceptors (Lipinski definition) is 4. The fourth-order valence-electron chi connectivity index (χ4n) is 2.27. The van der Waals surface area contributed by atoms with E-state index in [-0.39, 0.29) is 23.1 Å². The summed E-state index contributed by atoms with van der Waals surface area (Å²) in [6.07, 6.45) is 1.69. The zero-order valence-electron chi connectivity index (χ0n) is 14.1. The van der Waals surface area contributed by atoms with Crippen molar-refractivity contribution in [1.29, 1.82) is 0 Å². The second-order valence-corrected chi connectivity index (χ2v) is 6.64. The lowest BCUT2D eigenvalue weighted by atomic mass is 9.91. The molecular weight excluding hydrogens is 292 g/mol. The number of carbonyl (C=O) groups is 1. The first-order valence-corrected chi connectivity index (χ1v) is 7.52. The molecule has 2 rings (SSSR count). The number of aromatic amines is 1. The minimum absolute atomic E-state index is 0.110. The van der Waals surface area contributed by atoms with E-state index in [0.29, 0.717) is 5.69 Å². The normalized spacial score (nSPS) is 12.7. The highest BCUT2D eigenvalue weighted by atomic mass is 16.2. The number of hydrogen-bond donors (Lipinski definition) is 2. The van der Waals surface area contributed by atoms with Gasteiger partial charge in [-0.3, -0.25) is 9.78 Å². The van der Waals surface area contributed by atoms with Crippen LogP contribution in [0.1, 0.15) is 61.2 Å². The van der Waals surface area contributed by atoms with E-state index in [1.807, 2.05) is 46.8 Å². The molecule has 0 bridgehead atoms. The largest absolute Gasteiger partial charge is 0.345 e. The lowest BCUT2D eigenvalue weighted by Gasteiger charge is -2.19.